The molecule has 1 aromatic carbocycles. The standard InChI is InChI=1S/C19H25N3O2/c1-4-14-5-7-15(8-6-14)17-12-20-9-10-22(17)19(23)18-11-16(13(2)3)21-24-18/h5-8,11,13,17,20H,4,9-10,12H2,1-3H3. The third-order valence-electron chi connectivity index (χ3n) is 4.61. The van der Waals surface area contributed by atoms with E-state index in [1.54, 1.807) is 6.07 Å². The molecule has 5 nitrogen and oxygen atoms in total. The van der Waals surface area contributed by atoms with Crippen molar-refractivity contribution in [2.75, 3.05) is 19.6 Å². The Balaban J connectivity index is 1.83. The Morgan fingerprint density at radius 1 is 1.38 bits per heavy atom. The second-order valence-corrected chi connectivity index (χ2v) is 6.58. The van der Waals surface area contributed by atoms with Gasteiger partial charge < -0.3 is 14.7 Å². The summed E-state index contributed by atoms with van der Waals surface area (Å²) in [6.45, 7) is 8.42. The van der Waals surface area contributed by atoms with Crippen LogP contribution in [0.5, 0.6) is 0 Å². The molecule has 0 spiro atoms. The summed E-state index contributed by atoms with van der Waals surface area (Å²) in [4.78, 5) is 14.8. The van der Waals surface area contributed by atoms with E-state index in [2.05, 4.69) is 41.7 Å². The lowest BCUT2D eigenvalue weighted by molar-refractivity contribution is 0.0592. The molecule has 1 N–H and O–H groups in total. The SMILES string of the molecule is CCc1ccc(C2CNCCN2C(=O)c2cc(C(C)C)no2)cc1. The van der Waals surface area contributed by atoms with Gasteiger partial charge in [0.1, 0.15) is 0 Å². The van der Waals surface area contributed by atoms with Crippen molar-refractivity contribution in [1.82, 2.24) is 15.4 Å². The van der Waals surface area contributed by atoms with E-state index in [4.69, 9.17) is 4.52 Å². The van der Waals surface area contributed by atoms with E-state index in [0.717, 1.165) is 30.8 Å². The highest BCUT2D eigenvalue weighted by atomic mass is 16.5. The molecule has 5 heteroatoms. The average molecular weight is 327 g/mol. The molecular weight excluding hydrogens is 302 g/mol. The Labute approximate surface area is 143 Å². The summed E-state index contributed by atoms with van der Waals surface area (Å²) >= 11 is 0. The van der Waals surface area contributed by atoms with Crippen LogP contribution in [0.1, 0.15) is 60.1 Å². The first-order valence-electron chi connectivity index (χ1n) is 8.67. The summed E-state index contributed by atoms with van der Waals surface area (Å²) in [5.41, 5.74) is 3.27. The minimum Gasteiger partial charge on any atom is -0.351 e. The van der Waals surface area contributed by atoms with Crippen LogP contribution in [0.3, 0.4) is 0 Å². The first kappa shape index (κ1) is 16.7. The molecule has 1 aliphatic heterocycles. The Kier molecular flexibility index (Phi) is 5.00. The van der Waals surface area contributed by atoms with Crippen LogP contribution in [0, 0.1) is 0 Å². The fourth-order valence-corrected chi connectivity index (χ4v) is 3.02. The number of nitrogens with one attached hydrogen (secondary N) is 1. The third kappa shape index (κ3) is 3.36. The predicted molar refractivity (Wildman–Crippen MR) is 93.1 cm³/mol. The van der Waals surface area contributed by atoms with Gasteiger partial charge in [-0.05, 0) is 23.5 Å². The van der Waals surface area contributed by atoms with Gasteiger partial charge in [-0.2, -0.15) is 0 Å². The molecule has 3 rings (SSSR count). The van der Waals surface area contributed by atoms with Crippen molar-refractivity contribution in [2.45, 2.75) is 39.2 Å². The van der Waals surface area contributed by atoms with Gasteiger partial charge in [0.2, 0.25) is 5.76 Å². The number of benzene rings is 1. The summed E-state index contributed by atoms with van der Waals surface area (Å²) < 4.78 is 5.30. The third-order valence-corrected chi connectivity index (χ3v) is 4.61. The molecule has 1 aromatic heterocycles. The predicted octanol–water partition coefficient (Wildman–Crippen LogP) is 3.15. The lowest BCUT2D eigenvalue weighted by atomic mass is 10.0. The molecule has 2 heterocycles. The van der Waals surface area contributed by atoms with Crippen LogP contribution in [0.25, 0.3) is 0 Å². The van der Waals surface area contributed by atoms with Crippen LogP contribution < -0.4 is 5.32 Å². The van der Waals surface area contributed by atoms with Crippen LogP contribution >= 0.6 is 0 Å². The summed E-state index contributed by atoms with van der Waals surface area (Å²) in [6, 6.07) is 10.3. The number of aryl methyl sites for hydroxylation is 1. The van der Waals surface area contributed by atoms with E-state index in [1.807, 2.05) is 18.7 Å². The highest BCUT2D eigenvalue weighted by molar-refractivity contribution is 5.92. The lowest BCUT2D eigenvalue weighted by Gasteiger charge is -2.36. The zero-order valence-corrected chi connectivity index (χ0v) is 14.6. The van der Waals surface area contributed by atoms with Gasteiger partial charge in [-0.25, -0.2) is 0 Å². The number of piperazine rings is 1. The molecule has 0 bridgehead atoms. The van der Waals surface area contributed by atoms with Crippen molar-refractivity contribution < 1.29 is 9.32 Å². The second kappa shape index (κ2) is 7.18. The van der Waals surface area contributed by atoms with Crippen LogP contribution in [-0.4, -0.2) is 35.6 Å². The minimum absolute atomic E-state index is 0.0183. The van der Waals surface area contributed by atoms with Crippen molar-refractivity contribution in [2.24, 2.45) is 0 Å². The van der Waals surface area contributed by atoms with Gasteiger partial charge >= 0.3 is 0 Å². The zero-order valence-electron chi connectivity index (χ0n) is 14.6. The van der Waals surface area contributed by atoms with Crippen molar-refractivity contribution in [3.05, 3.63) is 52.9 Å². The maximum atomic E-state index is 12.9. The quantitative estimate of drug-likeness (QED) is 0.937. The molecule has 1 unspecified atom stereocenters. The van der Waals surface area contributed by atoms with Crippen LogP contribution in [-0.2, 0) is 6.42 Å². The summed E-state index contributed by atoms with van der Waals surface area (Å²) in [5, 5.41) is 7.40. The van der Waals surface area contributed by atoms with E-state index >= 15 is 0 Å². The van der Waals surface area contributed by atoms with Crippen molar-refractivity contribution in [3.63, 3.8) is 0 Å². The number of carbonyl (C=O) groups excluding carboxylic acids is 1. The Bertz CT molecular complexity index is 691. The fourth-order valence-electron chi connectivity index (χ4n) is 3.02. The van der Waals surface area contributed by atoms with E-state index in [0.29, 0.717) is 12.3 Å². The van der Waals surface area contributed by atoms with Gasteiger partial charge in [0.15, 0.2) is 0 Å². The van der Waals surface area contributed by atoms with Crippen LogP contribution in [0.2, 0.25) is 0 Å². The minimum atomic E-state index is -0.0829. The molecule has 0 aliphatic carbocycles. The number of aromatic nitrogens is 1. The molecule has 1 atom stereocenters. The number of hydrogen-bond acceptors (Lipinski definition) is 4. The summed E-state index contributed by atoms with van der Waals surface area (Å²) in [6.07, 6.45) is 1.02. The average Bonchev–Trinajstić information content (AvgIpc) is 3.12. The van der Waals surface area contributed by atoms with E-state index in [-0.39, 0.29) is 17.9 Å². The molecule has 0 saturated carbocycles. The monoisotopic (exact) mass is 327 g/mol. The van der Waals surface area contributed by atoms with E-state index in [9.17, 15) is 4.79 Å². The lowest BCUT2D eigenvalue weighted by Crippen LogP contribution is -2.48. The Morgan fingerprint density at radius 3 is 2.75 bits per heavy atom. The molecule has 1 amide bonds. The number of rotatable bonds is 4. The zero-order chi connectivity index (χ0) is 17.1. The summed E-state index contributed by atoms with van der Waals surface area (Å²) in [7, 11) is 0. The van der Waals surface area contributed by atoms with Gasteiger partial charge in [-0.15, -0.1) is 0 Å². The van der Waals surface area contributed by atoms with Crippen LogP contribution in [0.4, 0.5) is 0 Å². The number of nitrogens with zero attached hydrogens (tertiary/aromatic N) is 2. The Morgan fingerprint density at radius 2 is 2.12 bits per heavy atom. The molecular formula is C19H25N3O2. The van der Waals surface area contributed by atoms with Gasteiger partial charge in [0.05, 0.1) is 11.7 Å². The molecule has 2 aromatic rings. The number of hydrogen-bond donors (Lipinski definition) is 1. The molecule has 24 heavy (non-hydrogen) atoms. The molecule has 1 aliphatic rings. The van der Waals surface area contributed by atoms with E-state index < -0.39 is 0 Å². The van der Waals surface area contributed by atoms with Crippen molar-refractivity contribution in [3.8, 4) is 0 Å². The van der Waals surface area contributed by atoms with Gasteiger partial charge in [0.25, 0.3) is 5.91 Å². The maximum absolute atomic E-state index is 12.9. The fraction of sp³-hybridized carbons (Fsp3) is 0.474. The first-order chi connectivity index (χ1) is 11.6. The van der Waals surface area contributed by atoms with E-state index in [1.165, 1.54) is 5.56 Å². The molecule has 128 valence electrons. The second-order valence-electron chi connectivity index (χ2n) is 6.58. The first-order valence-corrected chi connectivity index (χ1v) is 8.67. The van der Waals surface area contributed by atoms with Gasteiger partial charge in [-0.3, -0.25) is 4.79 Å². The van der Waals surface area contributed by atoms with Gasteiger partial charge in [-0.1, -0.05) is 50.2 Å². The van der Waals surface area contributed by atoms with Crippen molar-refractivity contribution in [1.29, 1.82) is 0 Å². The Hall–Kier alpha value is -2.14. The number of amides is 1. The molecule has 1 saturated heterocycles. The topological polar surface area (TPSA) is 58.4 Å². The molecule has 0 radical (unpaired) electrons. The van der Waals surface area contributed by atoms with Crippen molar-refractivity contribution >= 4 is 5.91 Å². The number of carbonyl (C=O) groups is 1. The van der Waals surface area contributed by atoms with Crippen LogP contribution in [0.15, 0.2) is 34.9 Å². The maximum Gasteiger partial charge on any atom is 0.293 e. The normalized spacial score (nSPS) is 18.2. The highest BCUT2D eigenvalue weighted by Gasteiger charge is 2.30. The molecule has 1 fully saturated rings. The van der Waals surface area contributed by atoms with Gasteiger partial charge in [0, 0.05) is 25.7 Å². The highest BCUT2D eigenvalue weighted by Crippen LogP contribution is 2.25. The smallest absolute Gasteiger partial charge is 0.293 e. The summed E-state index contributed by atoms with van der Waals surface area (Å²) in [5.74, 6) is 0.493. The largest absolute Gasteiger partial charge is 0.351 e.